The molecular weight excluding hydrogens is 280 g/mol. The molecule has 1 saturated heterocycles. The first kappa shape index (κ1) is 14.8. The lowest BCUT2D eigenvalue weighted by Crippen LogP contribution is -2.46. The van der Waals surface area contributed by atoms with Crippen LogP contribution in [-0.2, 0) is 17.8 Å². The summed E-state index contributed by atoms with van der Waals surface area (Å²) in [6.45, 7) is 2.61. The number of nitrogens with one attached hydrogen (secondary N) is 1. The fourth-order valence-corrected chi connectivity index (χ4v) is 3.06. The van der Waals surface area contributed by atoms with E-state index in [-0.39, 0.29) is 24.5 Å². The largest absolute Gasteiger partial charge is 0.340 e. The second-order valence-electron chi connectivity index (χ2n) is 5.99. The fraction of sp³-hybridized carbons (Fsp3) is 0.500. The lowest BCUT2D eigenvalue weighted by Gasteiger charge is -2.29. The second kappa shape index (κ2) is 6.36. The van der Waals surface area contributed by atoms with E-state index in [9.17, 15) is 9.59 Å². The molecule has 118 valence electrons. The molecule has 1 aromatic rings. The zero-order valence-electron chi connectivity index (χ0n) is 12.6. The number of amides is 3. The van der Waals surface area contributed by atoms with Crippen molar-refractivity contribution < 1.29 is 9.59 Å². The Morgan fingerprint density at radius 1 is 1.18 bits per heavy atom. The number of nitrogens with two attached hydrogens (primary N) is 1. The van der Waals surface area contributed by atoms with Crippen LogP contribution in [0.4, 0.5) is 4.79 Å². The van der Waals surface area contributed by atoms with Gasteiger partial charge in [-0.15, -0.1) is 0 Å². The van der Waals surface area contributed by atoms with Crippen molar-refractivity contribution in [1.82, 2.24) is 15.1 Å². The van der Waals surface area contributed by atoms with Crippen LogP contribution in [-0.4, -0.2) is 54.0 Å². The summed E-state index contributed by atoms with van der Waals surface area (Å²) >= 11 is 0. The molecule has 1 aromatic carbocycles. The summed E-state index contributed by atoms with van der Waals surface area (Å²) in [4.78, 5) is 27.7. The van der Waals surface area contributed by atoms with E-state index < -0.39 is 0 Å². The molecule has 0 aromatic heterocycles. The molecule has 6 nitrogen and oxygen atoms in total. The van der Waals surface area contributed by atoms with Crippen molar-refractivity contribution >= 4 is 11.9 Å². The SMILES string of the molecule is N[C@@H]1CCN(C(=O)CNC(=O)N2CCc3ccccc3C2)C1. The summed E-state index contributed by atoms with van der Waals surface area (Å²) in [6.07, 6.45) is 1.70. The molecule has 2 heterocycles. The Balaban J connectivity index is 1.50. The Labute approximate surface area is 130 Å². The van der Waals surface area contributed by atoms with Crippen molar-refractivity contribution in [3.63, 3.8) is 0 Å². The molecule has 2 aliphatic rings. The quantitative estimate of drug-likeness (QED) is 0.825. The number of carbonyl (C=O) groups excluding carboxylic acids is 2. The summed E-state index contributed by atoms with van der Waals surface area (Å²) in [5.74, 6) is -0.0568. The van der Waals surface area contributed by atoms with E-state index in [1.807, 2.05) is 18.2 Å². The topological polar surface area (TPSA) is 78.7 Å². The van der Waals surface area contributed by atoms with Crippen LogP contribution in [0.5, 0.6) is 0 Å². The molecule has 0 saturated carbocycles. The van der Waals surface area contributed by atoms with Gasteiger partial charge in [-0.2, -0.15) is 0 Å². The van der Waals surface area contributed by atoms with Crippen LogP contribution in [0.3, 0.4) is 0 Å². The molecular formula is C16H22N4O2. The van der Waals surface area contributed by atoms with Gasteiger partial charge in [-0.25, -0.2) is 4.79 Å². The first-order valence-electron chi connectivity index (χ1n) is 7.76. The monoisotopic (exact) mass is 302 g/mol. The van der Waals surface area contributed by atoms with E-state index in [0.717, 1.165) is 12.8 Å². The minimum absolute atomic E-state index is 0.0453. The number of likely N-dealkylation sites (tertiary alicyclic amines) is 1. The predicted octanol–water partition coefficient (Wildman–Crippen LogP) is 0.314. The van der Waals surface area contributed by atoms with Crippen LogP contribution in [0.25, 0.3) is 0 Å². The van der Waals surface area contributed by atoms with E-state index in [4.69, 9.17) is 5.73 Å². The highest BCUT2D eigenvalue weighted by atomic mass is 16.2. The minimum Gasteiger partial charge on any atom is -0.340 e. The van der Waals surface area contributed by atoms with E-state index >= 15 is 0 Å². The number of hydrogen-bond acceptors (Lipinski definition) is 3. The van der Waals surface area contributed by atoms with Crippen LogP contribution in [0.2, 0.25) is 0 Å². The molecule has 0 aliphatic carbocycles. The predicted molar refractivity (Wildman–Crippen MR) is 83.1 cm³/mol. The van der Waals surface area contributed by atoms with Gasteiger partial charge in [-0.3, -0.25) is 4.79 Å². The van der Waals surface area contributed by atoms with E-state index in [0.29, 0.717) is 26.2 Å². The number of nitrogens with zero attached hydrogens (tertiary/aromatic N) is 2. The van der Waals surface area contributed by atoms with Gasteiger partial charge in [0.1, 0.15) is 0 Å². The van der Waals surface area contributed by atoms with Gasteiger partial charge >= 0.3 is 6.03 Å². The third-order valence-electron chi connectivity index (χ3n) is 4.39. The minimum atomic E-state index is -0.175. The van der Waals surface area contributed by atoms with Gasteiger partial charge in [-0.1, -0.05) is 24.3 Å². The summed E-state index contributed by atoms with van der Waals surface area (Å²) in [5, 5.41) is 2.73. The lowest BCUT2D eigenvalue weighted by molar-refractivity contribution is -0.129. The molecule has 3 N–H and O–H groups in total. The summed E-state index contributed by atoms with van der Waals surface area (Å²) in [6, 6.07) is 8.05. The number of benzene rings is 1. The normalized spacial score (nSPS) is 20.7. The fourth-order valence-electron chi connectivity index (χ4n) is 3.06. The Morgan fingerprint density at radius 2 is 1.95 bits per heavy atom. The van der Waals surface area contributed by atoms with Crippen molar-refractivity contribution in [2.45, 2.75) is 25.4 Å². The van der Waals surface area contributed by atoms with Crippen molar-refractivity contribution in [2.24, 2.45) is 5.73 Å². The molecule has 0 radical (unpaired) electrons. The maximum Gasteiger partial charge on any atom is 0.318 e. The number of hydrogen-bond donors (Lipinski definition) is 2. The third kappa shape index (κ3) is 3.22. The average molecular weight is 302 g/mol. The number of carbonyl (C=O) groups is 2. The van der Waals surface area contributed by atoms with Gasteiger partial charge in [0.05, 0.1) is 6.54 Å². The molecule has 1 fully saturated rings. The highest BCUT2D eigenvalue weighted by molar-refractivity contribution is 5.84. The molecule has 22 heavy (non-hydrogen) atoms. The standard InChI is InChI=1S/C16H22N4O2/c17-14-6-8-19(11-14)15(21)9-18-16(22)20-7-5-12-3-1-2-4-13(12)10-20/h1-4,14H,5-11,17H2,(H,18,22)/t14-/m1/s1. The van der Waals surface area contributed by atoms with Crippen LogP contribution in [0.1, 0.15) is 17.5 Å². The Hall–Kier alpha value is -2.08. The summed E-state index contributed by atoms with van der Waals surface area (Å²) in [7, 11) is 0. The zero-order chi connectivity index (χ0) is 15.5. The van der Waals surface area contributed by atoms with E-state index in [1.165, 1.54) is 11.1 Å². The smallest absolute Gasteiger partial charge is 0.318 e. The third-order valence-corrected chi connectivity index (χ3v) is 4.39. The molecule has 0 bridgehead atoms. The molecule has 0 spiro atoms. The van der Waals surface area contributed by atoms with Gasteiger partial charge in [0, 0.05) is 32.2 Å². The van der Waals surface area contributed by atoms with Crippen molar-refractivity contribution in [2.75, 3.05) is 26.2 Å². The molecule has 3 rings (SSSR count). The van der Waals surface area contributed by atoms with Crippen molar-refractivity contribution in [3.8, 4) is 0 Å². The summed E-state index contributed by atoms with van der Waals surface area (Å²) < 4.78 is 0. The molecule has 1 atom stereocenters. The number of urea groups is 1. The first-order chi connectivity index (χ1) is 10.6. The Morgan fingerprint density at radius 3 is 2.68 bits per heavy atom. The van der Waals surface area contributed by atoms with Gasteiger partial charge < -0.3 is 20.9 Å². The van der Waals surface area contributed by atoms with Crippen LogP contribution < -0.4 is 11.1 Å². The molecule has 0 unspecified atom stereocenters. The Bertz CT molecular complexity index is 575. The number of fused-ring (bicyclic) bond motifs is 1. The van der Waals surface area contributed by atoms with Crippen LogP contribution in [0, 0.1) is 0 Å². The van der Waals surface area contributed by atoms with Crippen LogP contribution >= 0.6 is 0 Å². The average Bonchev–Trinajstić information content (AvgIpc) is 2.98. The lowest BCUT2D eigenvalue weighted by atomic mass is 10.0. The molecule has 3 amide bonds. The number of rotatable bonds is 2. The van der Waals surface area contributed by atoms with E-state index in [1.54, 1.807) is 9.80 Å². The van der Waals surface area contributed by atoms with Crippen molar-refractivity contribution in [1.29, 1.82) is 0 Å². The van der Waals surface area contributed by atoms with Crippen molar-refractivity contribution in [3.05, 3.63) is 35.4 Å². The summed E-state index contributed by atoms with van der Waals surface area (Å²) in [5.41, 5.74) is 8.27. The van der Waals surface area contributed by atoms with Gasteiger partial charge in [0.25, 0.3) is 0 Å². The second-order valence-corrected chi connectivity index (χ2v) is 5.99. The van der Waals surface area contributed by atoms with E-state index in [2.05, 4.69) is 11.4 Å². The van der Waals surface area contributed by atoms with Gasteiger partial charge in [0.15, 0.2) is 0 Å². The van der Waals surface area contributed by atoms with Gasteiger partial charge in [-0.05, 0) is 24.0 Å². The maximum atomic E-state index is 12.2. The highest BCUT2D eigenvalue weighted by Crippen LogP contribution is 2.18. The Kier molecular flexibility index (Phi) is 4.29. The van der Waals surface area contributed by atoms with Gasteiger partial charge in [0.2, 0.25) is 5.91 Å². The highest BCUT2D eigenvalue weighted by Gasteiger charge is 2.25. The first-order valence-corrected chi connectivity index (χ1v) is 7.76. The zero-order valence-corrected chi connectivity index (χ0v) is 12.6. The maximum absolute atomic E-state index is 12.2. The molecule has 2 aliphatic heterocycles. The molecule has 6 heteroatoms. The van der Waals surface area contributed by atoms with Crippen LogP contribution in [0.15, 0.2) is 24.3 Å².